The van der Waals surface area contributed by atoms with Crippen LogP contribution in [-0.2, 0) is 28.6 Å². The molecular weight excluding hydrogens is 853 g/mol. The summed E-state index contributed by atoms with van der Waals surface area (Å²) in [5.74, 6) is -1.02. The minimum Gasteiger partial charge on any atom is -0.462 e. The maximum atomic E-state index is 12.9. The smallest absolute Gasteiger partial charge is 0.306 e. The van der Waals surface area contributed by atoms with Gasteiger partial charge >= 0.3 is 17.9 Å². The molecular formula is C63H104O6. The molecule has 69 heavy (non-hydrogen) atoms. The summed E-state index contributed by atoms with van der Waals surface area (Å²) >= 11 is 0. The third-order valence-corrected chi connectivity index (χ3v) is 11.8. The van der Waals surface area contributed by atoms with Crippen molar-refractivity contribution in [1.82, 2.24) is 0 Å². The number of rotatable bonds is 50. The molecule has 392 valence electrons. The van der Waals surface area contributed by atoms with Gasteiger partial charge in [-0.1, -0.05) is 252 Å². The minimum atomic E-state index is -0.818. The molecule has 0 aliphatic heterocycles. The standard InChI is InChI=1S/C63H104O6/c1-4-7-10-13-16-19-22-25-28-30-32-34-35-38-41-44-47-50-53-56-62(65)68-59-60(58-67-61(64)55-52-49-46-43-40-37-27-24-21-18-15-12-9-6-3)69-63(66)57-54-51-48-45-42-39-36-33-31-29-26-23-20-17-14-11-8-5-2/h7,9-10,12,16,18-19,21,25,27-28,32,34,37-38,41,47,50,60H,4-6,8,11,13-15,17,20,22-24,26,29-31,33,35-36,39-40,42-46,48-49,51-59H2,1-3H3/b10-7-,12-9-,19-16-,21-18-,28-25-,34-32-,37-27-,41-38-,50-47-. The average Bonchev–Trinajstić information content (AvgIpc) is 3.35. The lowest BCUT2D eigenvalue weighted by Crippen LogP contribution is -2.30. The molecule has 0 saturated heterocycles. The van der Waals surface area contributed by atoms with Gasteiger partial charge in [0.2, 0.25) is 0 Å². The number of hydrogen-bond donors (Lipinski definition) is 0. The molecule has 0 aromatic carbocycles. The molecule has 0 fully saturated rings. The SMILES string of the molecule is CC/C=C\C/C=C\C/C=C\C/C=C\C/C=C\C/C=C\CCC(=O)OCC(COC(=O)CCCCCC/C=C\C/C=C\C/C=C\CC)OC(=O)CCCCCCCCCCCCCCCCCCCC. The summed E-state index contributed by atoms with van der Waals surface area (Å²) < 4.78 is 16.8. The Labute approximate surface area is 425 Å². The Morgan fingerprint density at radius 2 is 0.594 bits per heavy atom. The fourth-order valence-corrected chi connectivity index (χ4v) is 7.60. The van der Waals surface area contributed by atoms with Crippen LogP contribution in [-0.4, -0.2) is 37.2 Å². The summed E-state index contributed by atoms with van der Waals surface area (Å²) in [5, 5.41) is 0. The topological polar surface area (TPSA) is 78.9 Å². The lowest BCUT2D eigenvalue weighted by atomic mass is 10.0. The zero-order chi connectivity index (χ0) is 50.0. The van der Waals surface area contributed by atoms with Gasteiger partial charge in [0, 0.05) is 19.3 Å². The van der Waals surface area contributed by atoms with Gasteiger partial charge in [0.1, 0.15) is 13.2 Å². The highest BCUT2D eigenvalue weighted by molar-refractivity contribution is 5.71. The van der Waals surface area contributed by atoms with Gasteiger partial charge in [-0.3, -0.25) is 14.4 Å². The van der Waals surface area contributed by atoms with E-state index >= 15 is 0 Å². The maximum Gasteiger partial charge on any atom is 0.306 e. The number of carbonyl (C=O) groups excluding carboxylic acids is 3. The van der Waals surface area contributed by atoms with Crippen molar-refractivity contribution in [3.8, 4) is 0 Å². The normalized spacial score (nSPS) is 12.9. The summed E-state index contributed by atoms with van der Waals surface area (Å²) in [4.78, 5) is 38.1. The molecule has 1 atom stereocenters. The van der Waals surface area contributed by atoms with Gasteiger partial charge in [0.15, 0.2) is 6.10 Å². The Kier molecular flexibility index (Phi) is 53.4. The Bertz CT molecular complexity index is 1420. The van der Waals surface area contributed by atoms with Crippen LogP contribution in [0.15, 0.2) is 109 Å². The second-order valence-corrected chi connectivity index (χ2v) is 18.4. The molecule has 0 aromatic heterocycles. The highest BCUT2D eigenvalue weighted by Crippen LogP contribution is 2.16. The van der Waals surface area contributed by atoms with Crippen LogP contribution in [0.5, 0.6) is 0 Å². The van der Waals surface area contributed by atoms with Gasteiger partial charge in [0.05, 0.1) is 0 Å². The third kappa shape index (κ3) is 54.9. The first-order chi connectivity index (χ1) is 34.0. The Morgan fingerprint density at radius 3 is 0.971 bits per heavy atom. The van der Waals surface area contributed by atoms with E-state index in [1.807, 2.05) is 6.08 Å². The summed E-state index contributed by atoms with van der Waals surface area (Å²) in [5.41, 5.74) is 0. The molecule has 0 amide bonds. The Balaban J connectivity index is 4.51. The molecule has 0 saturated carbocycles. The molecule has 0 radical (unpaired) electrons. The number of carbonyl (C=O) groups is 3. The van der Waals surface area contributed by atoms with Crippen molar-refractivity contribution in [2.45, 2.75) is 258 Å². The zero-order valence-electron chi connectivity index (χ0n) is 44.8. The number of allylic oxidation sites excluding steroid dienone is 18. The highest BCUT2D eigenvalue weighted by atomic mass is 16.6. The van der Waals surface area contributed by atoms with Gasteiger partial charge in [-0.25, -0.2) is 0 Å². The van der Waals surface area contributed by atoms with Crippen molar-refractivity contribution in [2.24, 2.45) is 0 Å². The van der Waals surface area contributed by atoms with E-state index in [1.165, 1.54) is 96.3 Å². The van der Waals surface area contributed by atoms with Crippen molar-refractivity contribution in [2.75, 3.05) is 13.2 Å². The van der Waals surface area contributed by atoms with E-state index in [9.17, 15) is 14.4 Å². The van der Waals surface area contributed by atoms with Crippen LogP contribution in [0.25, 0.3) is 0 Å². The lowest BCUT2D eigenvalue weighted by molar-refractivity contribution is -0.166. The first-order valence-corrected chi connectivity index (χ1v) is 28.4. The van der Waals surface area contributed by atoms with E-state index in [4.69, 9.17) is 14.2 Å². The van der Waals surface area contributed by atoms with Crippen molar-refractivity contribution in [1.29, 1.82) is 0 Å². The third-order valence-electron chi connectivity index (χ3n) is 11.8. The van der Waals surface area contributed by atoms with E-state index in [0.29, 0.717) is 19.3 Å². The van der Waals surface area contributed by atoms with E-state index in [-0.39, 0.29) is 37.5 Å². The highest BCUT2D eigenvalue weighted by Gasteiger charge is 2.19. The first kappa shape index (κ1) is 65.1. The number of unbranched alkanes of at least 4 members (excludes halogenated alkanes) is 21. The number of hydrogen-bond acceptors (Lipinski definition) is 6. The van der Waals surface area contributed by atoms with Gasteiger partial charge in [0.25, 0.3) is 0 Å². The van der Waals surface area contributed by atoms with Crippen LogP contribution in [0.1, 0.15) is 252 Å². The van der Waals surface area contributed by atoms with Crippen molar-refractivity contribution in [3.63, 3.8) is 0 Å². The molecule has 0 aliphatic carbocycles. The zero-order valence-corrected chi connectivity index (χ0v) is 44.8. The molecule has 0 aliphatic rings. The van der Waals surface area contributed by atoms with E-state index in [2.05, 4.69) is 124 Å². The summed E-state index contributed by atoms with van der Waals surface area (Å²) in [7, 11) is 0. The van der Waals surface area contributed by atoms with Gasteiger partial charge < -0.3 is 14.2 Å². The second-order valence-electron chi connectivity index (χ2n) is 18.4. The first-order valence-electron chi connectivity index (χ1n) is 28.4. The van der Waals surface area contributed by atoms with Gasteiger partial charge in [-0.05, 0) is 89.9 Å². The largest absolute Gasteiger partial charge is 0.462 e. The number of ether oxygens (including phenoxy) is 3. The quantitative estimate of drug-likeness (QED) is 0.0262. The minimum absolute atomic E-state index is 0.113. The summed E-state index contributed by atoms with van der Waals surface area (Å²) in [6, 6.07) is 0. The maximum absolute atomic E-state index is 12.9. The molecule has 1 unspecified atom stereocenters. The molecule has 0 heterocycles. The van der Waals surface area contributed by atoms with E-state index in [1.54, 1.807) is 0 Å². The van der Waals surface area contributed by atoms with Crippen molar-refractivity contribution in [3.05, 3.63) is 109 Å². The fourth-order valence-electron chi connectivity index (χ4n) is 7.60. The summed E-state index contributed by atoms with van der Waals surface area (Å²) in [6.45, 7) is 6.34. The molecule has 6 nitrogen and oxygen atoms in total. The average molecular weight is 958 g/mol. The van der Waals surface area contributed by atoms with E-state index < -0.39 is 6.10 Å². The van der Waals surface area contributed by atoms with Crippen molar-refractivity contribution < 1.29 is 28.6 Å². The second kappa shape index (κ2) is 56.7. The Morgan fingerprint density at radius 1 is 0.304 bits per heavy atom. The predicted octanol–water partition coefficient (Wildman–Crippen LogP) is 19.1. The molecule has 6 heteroatoms. The van der Waals surface area contributed by atoms with Crippen molar-refractivity contribution >= 4 is 17.9 Å². The molecule has 0 bridgehead atoms. The van der Waals surface area contributed by atoms with E-state index in [0.717, 1.165) is 109 Å². The fraction of sp³-hybridized carbons (Fsp3) is 0.667. The molecule has 0 spiro atoms. The molecule has 0 aromatic rings. The predicted molar refractivity (Wildman–Crippen MR) is 297 cm³/mol. The van der Waals surface area contributed by atoms with Crippen LogP contribution in [0.3, 0.4) is 0 Å². The van der Waals surface area contributed by atoms with Crippen LogP contribution in [0, 0.1) is 0 Å². The lowest BCUT2D eigenvalue weighted by Gasteiger charge is -2.18. The van der Waals surface area contributed by atoms with Crippen LogP contribution >= 0.6 is 0 Å². The molecule has 0 N–H and O–H groups in total. The van der Waals surface area contributed by atoms with Crippen LogP contribution < -0.4 is 0 Å². The summed E-state index contributed by atoms with van der Waals surface area (Å²) in [6.07, 6.45) is 76.6. The monoisotopic (exact) mass is 957 g/mol. The Hall–Kier alpha value is -3.93. The van der Waals surface area contributed by atoms with Gasteiger partial charge in [-0.15, -0.1) is 0 Å². The van der Waals surface area contributed by atoms with Crippen LogP contribution in [0.2, 0.25) is 0 Å². The van der Waals surface area contributed by atoms with Gasteiger partial charge in [-0.2, -0.15) is 0 Å². The molecule has 0 rings (SSSR count). The van der Waals surface area contributed by atoms with Crippen LogP contribution in [0.4, 0.5) is 0 Å². The number of esters is 3.